The first kappa shape index (κ1) is 29.5. The predicted molar refractivity (Wildman–Crippen MR) is 156 cm³/mol. The molecule has 1 atom stereocenters. The second-order valence-electron chi connectivity index (χ2n) is 9.44. The van der Waals surface area contributed by atoms with Gasteiger partial charge >= 0.3 is 5.97 Å². The largest absolute Gasteiger partial charge is 0.462 e. The molecule has 0 aliphatic carbocycles. The minimum absolute atomic E-state index is 0.0329. The highest BCUT2D eigenvalue weighted by Crippen LogP contribution is 2.24. The third-order valence-corrected chi connectivity index (χ3v) is 8.48. The molecule has 208 valence electrons. The van der Waals surface area contributed by atoms with Crippen molar-refractivity contribution in [3.05, 3.63) is 130 Å². The van der Waals surface area contributed by atoms with Gasteiger partial charge in [0.05, 0.1) is 28.1 Å². The van der Waals surface area contributed by atoms with E-state index in [0.717, 1.165) is 16.7 Å². The molecule has 1 N–H and O–H groups in total. The summed E-state index contributed by atoms with van der Waals surface area (Å²) >= 11 is 6.13. The first-order valence-corrected chi connectivity index (χ1v) is 14.9. The number of nitrogens with zero attached hydrogens (tertiary/aromatic N) is 1. The molecular formula is C32H32ClNO5S. The molecule has 0 saturated carbocycles. The minimum Gasteiger partial charge on any atom is -0.462 e. The second-order valence-corrected chi connectivity index (χ2v) is 11.8. The number of rotatable bonds is 12. The molecule has 0 fully saturated rings. The molecule has 0 aliphatic rings. The number of sulfone groups is 1. The molecule has 0 bridgehead atoms. The number of carbonyl (C=O) groups excluding carboxylic acids is 1. The summed E-state index contributed by atoms with van der Waals surface area (Å²) in [6, 6.07) is 29.9. The van der Waals surface area contributed by atoms with Gasteiger partial charge in [-0.1, -0.05) is 72.3 Å². The van der Waals surface area contributed by atoms with Crippen molar-refractivity contribution in [1.82, 2.24) is 4.90 Å². The Bertz CT molecular complexity index is 1540. The third-order valence-electron chi connectivity index (χ3n) is 6.49. The van der Waals surface area contributed by atoms with Crippen molar-refractivity contribution in [3.8, 4) is 0 Å². The number of hydrogen-bond acceptors (Lipinski definition) is 6. The maximum absolute atomic E-state index is 13.4. The molecule has 0 saturated heterocycles. The molecule has 0 unspecified atom stereocenters. The third kappa shape index (κ3) is 7.79. The molecule has 4 aromatic rings. The van der Waals surface area contributed by atoms with Crippen molar-refractivity contribution in [1.29, 1.82) is 0 Å². The molecule has 40 heavy (non-hydrogen) atoms. The maximum Gasteiger partial charge on any atom is 0.338 e. The van der Waals surface area contributed by atoms with Gasteiger partial charge in [-0.05, 0) is 72.5 Å². The highest BCUT2D eigenvalue weighted by atomic mass is 35.5. The zero-order chi connectivity index (χ0) is 28.5. The fraction of sp³-hybridized carbons (Fsp3) is 0.219. The molecule has 4 rings (SSSR count). The number of ether oxygens (including phenoxy) is 1. The Labute approximate surface area is 240 Å². The van der Waals surface area contributed by atoms with Crippen LogP contribution < -0.4 is 0 Å². The van der Waals surface area contributed by atoms with Crippen LogP contribution in [0.2, 0.25) is 5.02 Å². The number of halogens is 1. The van der Waals surface area contributed by atoms with Gasteiger partial charge in [-0.25, -0.2) is 13.2 Å². The molecule has 0 spiro atoms. The zero-order valence-electron chi connectivity index (χ0n) is 22.2. The van der Waals surface area contributed by atoms with Crippen molar-refractivity contribution >= 4 is 27.4 Å². The maximum atomic E-state index is 13.4. The number of esters is 1. The van der Waals surface area contributed by atoms with E-state index in [1.54, 1.807) is 37.3 Å². The van der Waals surface area contributed by atoms with Crippen LogP contribution in [0.3, 0.4) is 0 Å². The molecule has 0 aliphatic heterocycles. The zero-order valence-corrected chi connectivity index (χ0v) is 23.8. The molecule has 6 nitrogen and oxygen atoms in total. The average molecular weight is 578 g/mol. The van der Waals surface area contributed by atoms with E-state index in [9.17, 15) is 18.3 Å². The van der Waals surface area contributed by atoms with Crippen molar-refractivity contribution in [2.75, 3.05) is 19.7 Å². The summed E-state index contributed by atoms with van der Waals surface area (Å²) in [7, 11) is -3.85. The van der Waals surface area contributed by atoms with Crippen LogP contribution in [0.1, 0.15) is 40.1 Å². The van der Waals surface area contributed by atoms with Gasteiger partial charge in [0, 0.05) is 24.7 Å². The van der Waals surface area contributed by atoms with Crippen LogP contribution in [0.25, 0.3) is 0 Å². The Hall–Kier alpha value is -3.49. The SMILES string of the molecule is CCOC(=O)c1cccc(S(=O)(=O)c2cccc(CCN(Cc3ccccc3)C[C@@H](O)c3cccc(Cl)c3)c2)c1. The minimum atomic E-state index is -3.85. The van der Waals surface area contributed by atoms with E-state index in [4.69, 9.17) is 16.3 Å². The number of benzene rings is 4. The van der Waals surface area contributed by atoms with Gasteiger partial charge in [0.1, 0.15) is 0 Å². The van der Waals surface area contributed by atoms with Gasteiger partial charge < -0.3 is 9.84 Å². The van der Waals surface area contributed by atoms with Gasteiger partial charge in [-0.3, -0.25) is 4.90 Å². The average Bonchev–Trinajstić information content (AvgIpc) is 2.97. The molecular weight excluding hydrogens is 546 g/mol. The van der Waals surface area contributed by atoms with E-state index < -0.39 is 21.9 Å². The lowest BCUT2D eigenvalue weighted by molar-refractivity contribution is 0.0526. The van der Waals surface area contributed by atoms with Crippen LogP contribution in [0.4, 0.5) is 0 Å². The van der Waals surface area contributed by atoms with E-state index in [1.165, 1.54) is 24.3 Å². The number of aliphatic hydroxyl groups is 1. The van der Waals surface area contributed by atoms with E-state index >= 15 is 0 Å². The summed E-state index contributed by atoms with van der Waals surface area (Å²) < 4.78 is 31.9. The standard InChI is InChI=1S/C32H32ClNO5S/c1-2-39-32(36)27-13-8-16-30(21-27)40(37,38)29-15-6-11-24(19-29)17-18-34(22-25-9-4-3-5-10-25)23-31(35)26-12-7-14-28(33)20-26/h3-16,19-21,31,35H,2,17-18,22-23H2,1H3/t31-/m1/s1. The topological polar surface area (TPSA) is 83.9 Å². The van der Waals surface area contributed by atoms with Crippen LogP contribution in [-0.2, 0) is 27.5 Å². The van der Waals surface area contributed by atoms with Crippen molar-refractivity contribution in [3.63, 3.8) is 0 Å². The predicted octanol–water partition coefficient (Wildman–Crippen LogP) is 6.13. The van der Waals surface area contributed by atoms with E-state index in [1.807, 2.05) is 48.5 Å². The van der Waals surface area contributed by atoms with Crippen LogP contribution >= 0.6 is 11.6 Å². The number of aliphatic hydroxyl groups excluding tert-OH is 1. The van der Waals surface area contributed by atoms with E-state index in [2.05, 4.69) is 4.90 Å². The monoisotopic (exact) mass is 577 g/mol. The molecule has 0 aromatic heterocycles. The fourth-order valence-electron chi connectivity index (χ4n) is 4.44. The van der Waals surface area contributed by atoms with Crippen molar-refractivity contribution in [2.45, 2.75) is 35.8 Å². The summed E-state index contributed by atoms with van der Waals surface area (Å²) in [5.41, 5.74) is 2.88. The van der Waals surface area contributed by atoms with E-state index in [0.29, 0.717) is 31.1 Å². The summed E-state index contributed by atoms with van der Waals surface area (Å²) in [5.74, 6) is -0.563. The van der Waals surface area contributed by atoms with E-state index in [-0.39, 0.29) is 22.0 Å². The number of carbonyl (C=O) groups is 1. The van der Waals surface area contributed by atoms with Gasteiger partial charge in [0.25, 0.3) is 0 Å². The quantitative estimate of drug-likeness (QED) is 0.204. The Balaban J connectivity index is 1.52. The van der Waals surface area contributed by atoms with Crippen molar-refractivity contribution in [2.24, 2.45) is 0 Å². The van der Waals surface area contributed by atoms with Crippen LogP contribution in [0.5, 0.6) is 0 Å². The molecule has 4 aromatic carbocycles. The Morgan fingerprint density at radius 3 is 2.27 bits per heavy atom. The number of hydrogen-bond donors (Lipinski definition) is 1. The Kier molecular flexibility index (Phi) is 10.1. The van der Waals surface area contributed by atoms with Crippen LogP contribution in [0, 0.1) is 0 Å². The first-order valence-electron chi connectivity index (χ1n) is 13.1. The Morgan fingerprint density at radius 1 is 0.875 bits per heavy atom. The normalized spacial score (nSPS) is 12.3. The molecule has 0 heterocycles. The smallest absolute Gasteiger partial charge is 0.338 e. The summed E-state index contributed by atoms with van der Waals surface area (Å²) in [6.45, 7) is 3.50. The molecule has 0 amide bonds. The van der Waals surface area contributed by atoms with Crippen LogP contribution in [0.15, 0.2) is 113 Å². The lowest BCUT2D eigenvalue weighted by atomic mass is 10.1. The van der Waals surface area contributed by atoms with Gasteiger partial charge in [-0.2, -0.15) is 0 Å². The summed E-state index contributed by atoms with van der Waals surface area (Å²) in [4.78, 5) is 14.5. The molecule has 0 radical (unpaired) electrons. The van der Waals surface area contributed by atoms with Gasteiger partial charge in [0.2, 0.25) is 9.84 Å². The van der Waals surface area contributed by atoms with Crippen LogP contribution in [-0.4, -0.2) is 44.1 Å². The fourth-order valence-corrected chi connectivity index (χ4v) is 6.01. The first-order chi connectivity index (χ1) is 19.3. The Morgan fingerprint density at radius 2 is 1.55 bits per heavy atom. The highest BCUT2D eigenvalue weighted by molar-refractivity contribution is 7.91. The summed E-state index contributed by atoms with van der Waals surface area (Å²) in [6.07, 6.45) is -0.165. The lowest BCUT2D eigenvalue weighted by Crippen LogP contribution is -2.30. The van der Waals surface area contributed by atoms with Gasteiger partial charge in [0.15, 0.2) is 0 Å². The highest BCUT2D eigenvalue weighted by Gasteiger charge is 2.21. The van der Waals surface area contributed by atoms with Gasteiger partial charge in [-0.15, -0.1) is 0 Å². The molecule has 8 heteroatoms. The lowest BCUT2D eigenvalue weighted by Gasteiger charge is -2.26. The van der Waals surface area contributed by atoms with Crippen molar-refractivity contribution < 1.29 is 23.1 Å². The summed E-state index contributed by atoms with van der Waals surface area (Å²) in [5, 5.41) is 11.5. The second kappa shape index (κ2) is 13.7.